The third-order valence-electron chi connectivity index (χ3n) is 2.53. The van der Waals surface area contributed by atoms with Crippen LogP contribution in [-0.4, -0.2) is 12.3 Å². The minimum absolute atomic E-state index is 0.378. The number of carbonyl (C=O) groups is 1. The Hall–Kier alpha value is -1.02. The molecule has 0 aromatic carbocycles. The first kappa shape index (κ1) is 10.1. The van der Waals surface area contributed by atoms with Crippen LogP contribution in [0.4, 0.5) is 0 Å². The molecule has 0 aliphatic heterocycles. The van der Waals surface area contributed by atoms with Gasteiger partial charge in [-0.3, -0.25) is 4.79 Å². The Labute approximate surface area is 77.9 Å². The van der Waals surface area contributed by atoms with Crippen LogP contribution in [0.15, 0.2) is 5.11 Å². The summed E-state index contributed by atoms with van der Waals surface area (Å²) in [6.07, 6.45) is 5.62. The maximum Gasteiger partial charge on any atom is 0.133 e. The monoisotopic (exact) mass is 181 g/mol. The van der Waals surface area contributed by atoms with Gasteiger partial charge in [-0.15, -0.1) is 0 Å². The van der Waals surface area contributed by atoms with E-state index in [9.17, 15) is 4.79 Å². The van der Waals surface area contributed by atoms with Crippen molar-refractivity contribution >= 4 is 5.78 Å². The van der Waals surface area contributed by atoms with Crippen molar-refractivity contribution in [1.29, 1.82) is 0 Å². The average molecular weight is 181 g/mol. The van der Waals surface area contributed by atoms with Crippen LogP contribution in [0.1, 0.15) is 38.5 Å². The first-order valence-electron chi connectivity index (χ1n) is 4.85. The first-order valence-corrected chi connectivity index (χ1v) is 4.85. The Kier molecular flexibility index (Phi) is 4.33. The highest BCUT2D eigenvalue weighted by Crippen LogP contribution is 2.23. The predicted molar refractivity (Wildman–Crippen MR) is 50.2 cm³/mol. The zero-order valence-electron chi connectivity index (χ0n) is 7.78. The van der Waals surface area contributed by atoms with Crippen LogP contribution >= 0.6 is 0 Å². The van der Waals surface area contributed by atoms with Crippen LogP contribution in [0, 0.1) is 5.92 Å². The van der Waals surface area contributed by atoms with E-state index < -0.39 is 0 Å². The summed E-state index contributed by atoms with van der Waals surface area (Å²) in [6, 6.07) is 0. The molecule has 1 fully saturated rings. The molecule has 1 rings (SSSR count). The van der Waals surface area contributed by atoms with Gasteiger partial charge in [-0.05, 0) is 24.3 Å². The number of carbonyl (C=O) groups excluding carboxylic acids is 1. The number of nitrogens with zero attached hydrogens (tertiary/aromatic N) is 3. The zero-order valence-corrected chi connectivity index (χ0v) is 7.78. The maximum absolute atomic E-state index is 11.2. The second-order valence-corrected chi connectivity index (χ2v) is 3.60. The number of ketones is 1. The molecule has 4 nitrogen and oxygen atoms in total. The standard InChI is InChI=1S/C9H15N3O/c10-12-11-6-5-8-3-1-2-4-9(13)7-8/h8H,1-7H2/t8-/m1/s1. The predicted octanol–water partition coefficient (Wildman–Crippen LogP) is 2.84. The van der Waals surface area contributed by atoms with Gasteiger partial charge in [0.15, 0.2) is 0 Å². The van der Waals surface area contributed by atoms with Gasteiger partial charge in [-0.25, -0.2) is 0 Å². The summed E-state index contributed by atoms with van der Waals surface area (Å²) in [5, 5.41) is 3.49. The third kappa shape index (κ3) is 3.95. The van der Waals surface area contributed by atoms with Gasteiger partial charge in [-0.2, -0.15) is 0 Å². The number of hydrogen-bond acceptors (Lipinski definition) is 2. The lowest BCUT2D eigenvalue weighted by Crippen LogP contribution is -2.06. The van der Waals surface area contributed by atoms with Crippen LogP contribution in [0.3, 0.4) is 0 Å². The van der Waals surface area contributed by atoms with E-state index in [1.807, 2.05) is 0 Å². The Bertz CT molecular complexity index is 221. The molecule has 72 valence electrons. The first-order chi connectivity index (χ1) is 6.33. The van der Waals surface area contributed by atoms with Crippen LogP contribution in [0.5, 0.6) is 0 Å². The van der Waals surface area contributed by atoms with E-state index >= 15 is 0 Å². The summed E-state index contributed by atoms with van der Waals surface area (Å²) in [7, 11) is 0. The summed E-state index contributed by atoms with van der Waals surface area (Å²) in [5.74, 6) is 0.837. The SMILES string of the molecule is [N-]=[N+]=NCC[C@H]1CCCCC(=O)C1. The van der Waals surface area contributed by atoms with Crippen molar-refractivity contribution in [3.05, 3.63) is 10.4 Å². The molecular weight excluding hydrogens is 166 g/mol. The molecule has 1 aliphatic rings. The Morgan fingerprint density at radius 3 is 3.15 bits per heavy atom. The van der Waals surface area contributed by atoms with Gasteiger partial charge in [-0.1, -0.05) is 18.0 Å². The average Bonchev–Trinajstić information content (AvgIpc) is 2.31. The third-order valence-corrected chi connectivity index (χ3v) is 2.53. The summed E-state index contributed by atoms with van der Waals surface area (Å²) >= 11 is 0. The normalized spacial score (nSPS) is 23.4. The van der Waals surface area contributed by atoms with E-state index in [2.05, 4.69) is 10.0 Å². The summed E-state index contributed by atoms with van der Waals surface area (Å²) in [6.45, 7) is 0.536. The molecule has 0 saturated heterocycles. The van der Waals surface area contributed by atoms with Crippen molar-refractivity contribution < 1.29 is 4.79 Å². The van der Waals surface area contributed by atoms with Gasteiger partial charge in [0, 0.05) is 24.3 Å². The van der Waals surface area contributed by atoms with Crippen LogP contribution < -0.4 is 0 Å². The smallest absolute Gasteiger partial charge is 0.133 e. The van der Waals surface area contributed by atoms with E-state index in [0.29, 0.717) is 24.7 Å². The highest BCUT2D eigenvalue weighted by atomic mass is 16.1. The molecule has 0 bridgehead atoms. The largest absolute Gasteiger partial charge is 0.300 e. The molecule has 0 amide bonds. The van der Waals surface area contributed by atoms with Gasteiger partial charge in [0.2, 0.25) is 0 Å². The lowest BCUT2D eigenvalue weighted by molar-refractivity contribution is -0.119. The molecular formula is C9H15N3O. The Balaban J connectivity index is 2.30. The number of hydrogen-bond donors (Lipinski definition) is 0. The number of Topliss-reactive ketones (excluding diaryl/α,β-unsaturated/α-hetero) is 1. The lowest BCUT2D eigenvalue weighted by Gasteiger charge is -2.10. The Morgan fingerprint density at radius 1 is 1.54 bits per heavy atom. The van der Waals surface area contributed by atoms with Crippen LogP contribution in [-0.2, 0) is 4.79 Å². The fraction of sp³-hybridized carbons (Fsp3) is 0.889. The van der Waals surface area contributed by atoms with E-state index in [-0.39, 0.29) is 0 Å². The van der Waals surface area contributed by atoms with Gasteiger partial charge < -0.3 is 0 Å². The highest BCUT2D eigenvalue weighted by molar-refractivity contribution is 5.78. The summed E-state index contributed by atoms with van der Waals surface area (Å²) < 4.78 is 0. The topological polar surface area (TPSA) is 65.8 Å². The minimum Gasteiger partial charge on any atom is -0.300 e. The second kappa shape index (κ2) is 5.60. The summed E-state index contributed by atoms with van der Waals surface area (Å²) in [5.41, 5.74) is 8.09. The molecule has 0 unspecified atom stereocenters. The van der Waals surface area contributed by atoms with E-state index in [1.165, 1.54) is 0 Å². The number of rotatable bonds is 3. The molecule has 4 heteroatoms. The molecule has 1 saturated carbocycles. The molecule has 0 heterocycles. The van der Waals surface area contributed by atoms with Gasteiger partial charge in [0.05, 0.1) is 0 Å². The maximum atomic E-state index is 11.2. The molecule has 0 aromatic rings. The van der Waals surface area contributed by atoms with Crippen molar-refractivity contribution in [3.63, 3.8) is 0 Å². The summed E-state index contributed by atoms with van der Waals surface area (Å²) in [4.78, 5) is 13.9. The zero-order chi connectivity index (χ0) is 9.52. The lowest BCUT2D eigenvalue weighted by atomic mass is 9.96. The fourth-order valence-corrected chi connectivity index (χ4v) is 1.81. The molecule has 0 N–H and O–H groups in total. The van der Waals surface area contributed by atoms with Crippen molar-refractivity contribution in [3.8, 4) is 0 Å². The van der Waals surface area contributed by atoms with Crippen LogP contribution in [0.2, 0.25) is 0 Å². The molecule has 1 aliphatic carbocycles. The minimum atomic E-state index is 0.378. The van der Waals surface area contributed by atoms with Gasteiger partial charge >= 0.3 is 0 Å². The van der Waals surface area contributed by atoms with Crippen molar-refractivity contribution in [2.75, 3.05) is 6.54 Å². The van der Waals surface area contributed by atoms with Crippen molar-refractivity contribution in [1.82, 2.24) is 0 Å². The van der Waals surface area contributed by atoms with Crippen LogP contribution in [0.25, 0.3) is 10.4 Å². The highest BCUT2D eigenvalue weighted by Gasteiger charge is 2.16. The van der Waals surface area contributed by atoms with Gasteiger partial charge in [0.1, 0.15) is 5.78 Å². The van der Waals surface area contributed by atoms with E-state index in [0.717, 1.165) is 32.1 Å². The Morgan fingerprint density at radius 2 is 2.38 bits per heavy atom. The quantitative estimate of drug-likeness (QED) is 0.286. The molecule has 13 heavy (non-hydrogen) atoms. The molecule has 0 aromatic heterocycles. The van der Waals surface area contributed by atoms with E-state index in [4.69, 9.17) is 5.53 Å². The fourth-order valence-electron chi connectivity index (χ4n) is 1.81. The second-order valence-electron chi connectivity index (χ2n) is 3.60. The van der Waals surface area contributed by atoms with Gasteiger partial charge in [0.25, 0.3) is 0 Å². The number of azide groups is 1. The molecule has 0 radical (unpaired) electrons. The molecule has 1 atom stereocenters. The van der Waals surface area contributed by atoms with E-state index in [1.54, 1.807) is 0 Å². The van der Waals surface area contributed by atoms with Crippen molar-refractivity contribution in [2.45, 2.75) is 38.5 Å². The molecule has 0 spiro atoms. The van der Waals surface area contributed by atoms with Crippen molar-refractivity contribution in [2.24, 2.45) is 11.0 Å².